The first-order chi connectivity index (χ1) is 9.31. The summed E-state index contributed by atoms with van der Waals surface area (Å²) in [4.78, 5) is 8.33. The molecule has 3 rings (SSSR count). The van der Waals surface area contributed by atoms with Gasteiger partial charge in [0, 0.05) is 29.9 Å². The summed E-state index contributed by atoms with van der Waals surface area (Å²) in [6.45, 7) is 5.58. The smallest absolute Gasteiger partial charge is 0.0798 e. The van der Waals surface area contributed by atoms with E-state index in [1.165, 1.54) is 42.2 Å². The van der Waals surface area contributed by atoms with Crippen molar-refractivity contribution in [3.05, 3.63) is 34.0 Å². The number of aromatic amines is 1. The first kappa shape index (κ1) is 12.8. The molecule has 1 saturated heterocycles. The molecular formula is C14H20N4S. The van der Waals surface area contributed by atoms with Gasteiger partial charge >= 0.3 is 0 Å². The third kappa shape index (κ3) is 3.22. The summed E-state index contributed by atoms with van der Waals surface area (Å²) < 4.78 is 0. The van der Waals surface area contributed by atoms with Gasteiger partial charge in [0.1, 0.15) is 0 Å². The summed E-state index contributed by atoms with van der Waals surface area (Å²) in [6.07, 6.45) is 5.60. The molecule has 0 spiro atoms. The normalized spacial score (nSPS) is 20.8. The Morgan fingerprint density at radius 1 is 1.53 bits per heavy atom. The highest BCUT2D eigenvalue weighted by Gasteiger charge is 2.21. The Morgan fingerprint density at radius 2 is 2.47 bits per heavy atom. The summed E-state index contributed by atoms with van der Waals surface area (Å²) in [7, 11) is 0. The quantitative estimate of drug-likeness (QED) is 0.933. The molecule has 102 valence electrons. The Bertz CT molecular complexity index is 505. The number of rotatable bonds is 4. The van der Waals surface area contributed by atoms with Crippen LogP contribution in [0.3, 0.4) is 0 Å². The fraction of sp³-hybridized carbons (Fsp3) is 0.571. The predicted octanol–water partition coefficient (Wildman–Crippen LogP) is 2.63. The number of piperidine rings is 1. The number of thiazole rings is 1. The lowest BCUT2D eigenvalue weighted by Crippen LogP contribution is -2.35. The molecule has 0 bridgehead atoms. The van der Waals surface area contributed by atoms with Crippen molar-refractivity contribution in [2.45, 2.75) is 32.7 Å². The van der Waals surface area contributed by atoms with Crippen molar-refractivity contribution in [2.75, 3.05) is 13.1 Å². The van der Waals surface area contributed by atoms with E-state index < -0.39 is 0 Å². The van der Waals surface area contributed by atoms with Crippen molar-refractivity contribution < 1.29 is 0 Å². The SMILES string of the molecule is Cc1ncsc1CN1CCCC(Cc2ccn[nH]2)C1. The number of aromatic nitrogens is 3. The first-order valence-electron chi connectivity index (χ1n) is 6.91. The standard InChI is InChI=1S/C14H20N4S/c1-11-14(19-10-15-11)9-18-6-2-3-12(8-18)7-13-4-5-16-17-13/h4-5,10,12H,2-3,6-9H2,1H3,(H,16,17). The zero-order valence-corrected chi connectivity index (χ0v) is 12.1. The van der Waals surface area contributed by atoms with E-state index in [9.17, 15) is 0 Å². The molecule has 2 aromatic rings. The van der Waals surface area contributed by atoms with Gasteiger partial charge in [0.25, 0.3) is 0 Å². The summed E-state index contributed by atoms with van der Waals surface area (Å²) in [6, 6.07) is 2.09. The van der Waals surface area contributed by atoms with Crippen molar-refractivity contribution in [1.29, 1.82) is 0 Å². The van der Waals surface area contributed by atoms with Gasteiger partial charge in [-0.3, -0.25) is 10.00 Å². The van der Waals surface area contributed by atoms with Crippen LogP contribution in [0.2, 0.25) is 0 Å². The fourth-order valence-corrected chi connectivity index (χ4v) is 3.67. The van der Waals surface area contributed by atoms with Crippen molar-refractivity contribution >= 4 is 11.3 Å². The van der Waals surface area contributed by atoms with E-state index in [1.807, 2.05) is 11.7 Å². The van der Waals surface area contributed by atoms with Gasteiger partial charge in [0.15, 0.2) is 0 Å². The highest BCUT2D eigenvalue weighted by atomic mass is 32.1. The van der Waals surface area contributed by atoms with Crippen LogP contribution < -0.4 is 0 Å². The van der Waals surface area contributed by atoms with E-state index >= 15 is 0 Å². The molecule has 4 nitrogen and oxygen atoms in total. The lowest BCUT2D eigenvalue weighted by atomic mass is 9.93. The lowest BCUT2D eigenvalue weighted by Gasteiger charge is -2.32. The van der Waals surface area contributed by atoms with E-state index in [2.05, 4.69) is 33.1 Å². The zero-order chi connectivity index (χ0) is 13.1. The first-order valence-corrected chi connectivity index (χ1v) is 7.79. The van der Waals surface area contributed by atoms with Crippen molar-refractivity contribution in [1.82, 2.24) is 20.1 Å². The van der Waals surface area contributed by atoms with Crippen molar-refractivity contribution in [3.63, 3.8) is 0 Å². The van der Waals surface area contributed by atoms with E-state index in [1.54, 1.807) is 11.3 Å². The van der Waals surface area contributed by atoms with Crippen LogP contribution in [-0.4, -0.2) is 33.2 Å². The number of hydrogen-bond acceptors (Lipinski definition) is 4. The molecule has 0 aliphatic carbocycles. The molecule has 1 unspecified atom stereocenters. The lowest BCUT2D eigenvalue weighted by molar-refractivity contribution is 0.167. The molecule has 1 fully saturated rings. The molecule has 0 radical (unpaired) electrons. The Morgan fingerprint density at radius 3 is 3.21 bits per heavy atom. The Labute approximate surface area is 117 Å². The molecule has 19 heavy (non-hydrogen) atoms. The molecular weight excluding hydrogens is 256 g/mol. The molecule has 0 saturated carbocycles. The average Bonchev–Trinajstić information content (AvgIpc) is 3.03. The van der Waals surface area contributed by atoms with Crippen LogP contribution in [0.25, 0.3) is 0 Å². The average molecular weight is 276 g/mol. The van der Waals surface area contributed by atoms with Crippen LogP contribution in [0.4, 0.5) is 0 Å². The van der Waals surface area contributed by atoms with Gasteiger partial charge < -0.3 is 0 Å². The number of nitrogens with one attached hydrogen (secondary N) is 1. The Kier molecular flexibility index (Phi) is 3.94. The molecule has 1 atom stereocenters. The Hall–Kier alpha value is -1.20. The van der Waals surface area contributed by atoms with Crippen LogP contribution in [0, 0.1) is 12.8 Å². The maximum atomic E-state index is 4.34. The molecule has 1 aliphatic rings. The van der Waals surface area contributed by atoms with E-state index in [-0.39, 0.29) is 0 Å². The van der Waals surface area contributed by atoms with E-state index in [0.29, 0.717) is 0 Å². The minimum Gasteiger partial charge on any atom is -0.298 e. The second-order valence-corrected chi connectivity index (χ2v) is 6.33. The molecule has 1 N–H and O–H groups in total. The van der Waals surface area contributed by atoms with Crippen LogP contribution in [0.1, 0.15) is 29.1 Å². The summed E-state index contributed by atoms with van der Waals surface area (Å²) in [5.41, 5.74) is 4.41. The maximum Gasteiger partial charge on any atom is 0.0798 e. The second-order valence-electron chi connectivity index (χ2n) is 5.39. The minimum absolute atomic E-state index is 0.752. The second kappa shape index (κ2) is 5.84. The van der Waals surface area contributed by atoms with Crippen molar-refractivity contribution in [3.8, 4) is 0 Å². The van der Waals surface area contributed by atoms with E-state index in [4.69, 9.17) is 0 Å². The molecule has 5 heteroatoms. The zero-order valence-electron chi connectivity index (χ0n) is 11.3. The molecule has 3 heterocycles. The molecule has 2 aromatic heterocycles. The number of H-pyrrole nitrogens is 1. The van der Waals surface area contributed by atoms with Crippen LogP contribution in [0.15, 0.2) is 17.8 Å². The van der Waals surface area contributed by atoms with Crippen LogP contribution in [0.5, 0.6) is 0 Å². The number of nitrogens with zero attached hydrogens (tertiary/aromatic N) is 3. The van der Waals surface area contributed by atoms with Crippen LogP contribution >= 0.6 is 11.3 Å². The highest BCUT2D eigenvalue weighted by molar-refractivity contribution is 7.09. The largest absolute Gasteiger partial charge is 0.298 e. The van der Waals surface area contributed by atoms with E-state index in [0.717, 1.165) is 18.9 Å². The third-order valence-electron chi connectivity index (χ3n) is 3.88. The number of aryl methyl sites for hydroxylation is 1. The highest BCUT2D eigenvalue weighted by Crippen LogP contribution is 2.23. The Balaban J connectivity index is 1.57. The van der Waals surface area contributed by atoms with Crippen molar-refractivity contribution in [2.24, 2.45) is 5.92 Å². The summed E-state index contributed by atoms with van der Waals surface area (Å²) in [5.74, 6) is 0.752. The summed E-state index contributed by atoms with van der Waals surface area (Å²) >= 11 is 1.78. The van der Waals surface area contributed by atoms with Gasteiger partial charge in [0.05, 0.1) is 11.2 Å². The third-order valence-corrected chi connectivity index (χ3v) is 4.80. The monoisotopic (exact) mass is 276 g/mol. The molecule has 1 aliphatic heterocycles. The van der Waals surface area contributed by atoms with Gasteiger partial charge in [0.2, 0.25) is 0 Å². The van der Waals surface area contributed by atoms with Gasteiger partial charge in [-0.1, -0.05) is 0 Å². The fourth-order valence-electron chi connectivity index (χ4n) is 2.85. The van der Waals surface area contributed by atoms with Gasteiger partial charge in [-0.15, -0.1) is 11.3 Å². The van der Waals surface area contributed by atoms with Crippen LogP contribution in [-0.2, 0) is 13.0 Å². The maximum absolute atomic E-state index is 4.34. The van der Waals surface area contributed by atoms with Gasteiger partial charge in [-0.2, -0.15) is 5.10 Å². The predicted molar refractivity (Wildman–Crippen MR) is 77.1 cm³/mol. The number of hydrogen-bond donors (Lipinski definition) is 1. The molecule has 0 aromatic carbocycles. The van der Waals surface area contributed by atoms with Gasteiger partial charge in [-0.05, 0) is 44.7 Å². The van der Waals surface area contributed by atoms with Gasteiger partial charge in [-0.25, -0.2) is 4.98 Å². The topological polar surface area (TPSA) is 44.8 Å². The minimum atomic E-state index is 0.752. The number of likely N-dealkylation sites (tertiary alicyclic amines) is 1. The summed E-state index contributed by atoms with van der Waals surface area (Å²) in [5, 5.41) is 7.11. The molecule has 0 amide bonds.